The molecule has 1 saturated heterocycles. The van der Waals surface area contributed by atoms with E-state index in [0.29, 0.717) is 5.41 Å². The van der Waals surface area contributed by atoms with Crippen LogP contribution in [-0.2, 0) is 12.8 Å². The molecule has 2 heteroatoms. The predicted molar refractivity (Wildman–Crippen MR) is 67.5 cm³/mol. The first kappa shape index (κ1) is 11.2. The Hall–Kier alpha value is -0.340. The summed E-state index contributed by atoms with van der Waals surface area (Å²) in [5.41, 5.74) is 0.538. The van der Waals surface area contributed by atoms with Crippen molar-refractivity contribution in [3.05, 3.63) is 21.9 Å². The van der Waals surface area contributed by atoms with Gasteiger partial charge in [0, 0.05) is 28.3 Å². The van der Waals surface area contributed by atoms with Crippen molar-refractivity contribution in [2.24, 2.45) is 11.3 Å². The Balaban J connectivity index is 2.06. The highest BCUT2D eigenvalue weighted by atomic mass is 32.1. The first-order valence-electron chi connectivity index (χ1n) is 5.94. The fourth-order valence-electron chi connectivity index (χ4n) is 2.24. The van der Waals surface area contributed by atoms with Gasteiger partial charge in [-0.1, -0.05) is 20.8 Å². The van der Waals surface area contributed by atoms with Crippen LogP contribution in [0.15, 0.2) is 12.1 Å². The summed E-state index contributed by atoms with van der Waals surface area (Å²) in [5.74, 6) is 0.783. The molecule has 1 aromatic rings. The van der Waals surface area contributed by atoms with Crippen LogP contribution in [0.1, 0.15) is 30.5 Å². The Morgan fingerprint density at radius 2 is 2.00 bits per heavy atom. The smallest absolute Gasteiger partial charge is 0.00547 e. The van der Waals surface area contributed by atoms with E-state index in [1.807, 2.05) is 11.3 Å². The van der Waals surface area contributed by atoms with Crippen LogP contribution < -0.4 is 5.32 Å². The molecule has 0 amide bonds. The standard InChI is InChI=1S/C13H21NS/c1-4-11-5-6-12(15-11)7-13(10(2)3)8-14-9-13/h5-6,10,14H,4,7-9H2,1-3H3. The van der Waals surface area contributed by atoms with Crippen molar-refractivity contribution < 1.29 is 0 Å². The van der Waals surface area contributed by atoms with Crippen LogP contribution in [0, 0.1) is 11.3 Å². The molecule has 2 heterocycles. The first-order valence-corrected chi connectivity index (χ1v) is 6.76. The highest BCUT2D eigenvalue weighted by Gasteiger charge is 2.39. The van der Waals surface area contributed by atoms with Crippen LogP contribution in [0.3, 0.4) is 0 Å². The van der Waals surface area contributed by atoms with Crippen LogP contribution in [0.5, 0.6) is 0 Å². The van der Waals surface area contributed by atoms with Gasteiger partial charge in [0.1, 0.15) is 0 Å². The number of rotatable bonds is 4. The van der Waals surface area contributed by atoms with Gasteiger partial charge in [-0.3, -0.25) is 0 Å². The van der Waals surface area contributed by atoms with E-state index in [0.717, 1.165) is 5.92 Å². The molecule has 0 spiro atoms. The van der Waals surface area contributed by atoms with Crippen molar-refractivity contribution >= 4 is 11.3 Å². The Labute approximate surface area is 96.9 Å². The van der Waals surface area contributed by atoms with Gasteiger partial charge in [0.2, 0.25) is 0 Å². The highest BCUT2D eigenvalue weighted by Crippen LogP contribution is 2.37. The third kappa shape index (κ3) is 2.11. The van der Waals surface area contributed by atoms with Crippen molar-refractivity contribution in [2.45, 2.75) is 33.6 Å². The molecule has 0 unspecified atom stereocenters. The van der Waals surface area contributed by atoms with Crippen molar-refractivity contribution in [1.29, 1.82) is 0 Å². The highest BCUT2D eigenvalue weighted by molar-refractivity contribution is 7.11. The maximum atomic E-state index is 3.43. The lowest BCUT2D eigenvalue weighted by atomic mass is 9.69. The molecule has 1 fully saturated rings. The molecular formula is C13H21NS. The predicted octanol–water partition coefficient (Wildman–Crippen LogP) is 3.10. The number of thiophene rings is 1. The summed E-state index contributed by atoms with van der Waals surface area (Å²) < 4.78 is 0. The molecule has 0 aromatic carbocycles. The van der Waals surface area contributed by atoms with Crippen molar-refractivity contribution in [1.82, 2.24) is 5.32 Å². The van der Waals surface area contributed by atoms with Gasteiger partial charge in [-0.25, -0.2) is 0 Å². The zero-order chi connectivity index (χ0) is 10.9. The average molecular weight is 223 g/mol. The quantitative estimate of drug-likeness (QED) is 0.827. The molecule has 1 aliphatic rings. The Kier molecular flexibility index (Phi) is 3.17. The van der Waals surface area contributed by atoms with Crippen molar-refractivity contribution in [3.63, 3.8) is 0 Å². The first-order chi connectivity index (χ1) is 7.16. The second-order valence-electron chi connectivity index (χ2n) is 5.02. The van der Waals surface area contributed by atoms with Gasteiger partial charge in [-0.05, 0) is 30.9 Å². The SMILES string of the molecule is CCc1ccc(CC2(C(C)C)CNC2)s1. The molecule has 1 aromatic heterocycles. The minimum atomic E-state index is 0.538. The number of hydrogen-bond acceptors (Lipinski definition) is 2. The topological polar surface area (TPSA) is 12.0 Å². The van der Waals surface area contributed by atoms with Gasteiger partial charge in [0.05, 0.1) is 0 Å². The van der Waals surface area contributed by atoms with Crippen LogP contribution in [0.4, 0.5) is 0 Å². The summed E-state index contributed by atoms with van der Waals surface area (Å²) in [6.07, 6.45) is 2.44. The Morgan fingerprint density at radius 3 is 2.40 bits per heavy atom. The van der Waals surface area contributed by atoms with E-state index in [1.165, 1.54) is 30.8 Å². The average Bonchev–Trinajstić information content (AvgIpc) is 2.58. The van der Waals surface area contributed by atoms with E-state index >= 15 is 0 Å². The van der Waals surface area contributed by atoms with E-state index in [-0.39, 0.29) is 0 Å². The number of aryl methyl sites for hydroxylation is 1. The molecule has 0 saturated carbocycles. The van der Waals surface area contributed by atoms with Gasteiger partial charge in [0.15, 0.2) is 0 Å². The summed E-state index contributed by atoms with van der Waals surface area (Å²) in [4.78, 5) is 3.10. The molecular weight excluding hydrogens is 202 g/mol. The van der Waals surface area contributed by atoms with Gasteiger partial charge >= 0.3 is 0 Å². The minimum Gasteiger partial charge on any atom is -0.315 e. The molecule has 0 atom stereocenters. The fourth-order valence-corrected chi connectivity index (χ4v) is 3.35. The van der Waals surface area contributed by atoms with E-state index < -0.39 is 0 Å². The van der Waals surface area contributed by atoms with Crippen LogP contribution >= 0.6 is 11.3 Å². The molecule has 84 valence electrons. The fraction of sp³-hybridized carbons (Fsp3) is 0.692. The second kappa shape index (κ2) is 4.26. The minimum absolute atomic E-state index is 0.538. The lowest BCUT2D eigenvalue weighted by Gasteiger charge is -2.46. The lowest BCUT2D eigenvalue weighted by Crippen LogP contribution is -2.57. The number of hydrogen-bond donors (Lipinski definition) is 1. The molecule has 0 aliphatic carbocycles. The maximum Gasteiger partial charge on any atom is 0.00547 e. The van der Waals surface area contributed by atoms with E-state index in [2.05, 4.69) is 38.2 Å². The largest absolute Gasteiger partial charge is 0.315 e. The van der Waals surface area contributed by atoms with Gasteiger partial charge < -0.3 is 5.32 Å². The van der Waals surface area contributed by atoms with Gasteiger partial charge in [-0.2, -0.15) is 0 Å². The Bertz CT molecular complexity index is 323. The van der Waals surface area contributed by atoms with Gasteiger partial charge in [-0.15, -0.1) is 11.3 Å². The van der Waals surface area contributed by atoms with Crippen LogP contribution in [0.2, 0.25) is 0 Å². The zero-order valence-electron chi connectivity index (χ0n) is 9.97. The number of nitrogens with one attached hydrogen (secondary N) is 1. The molecule has 1 nitrogen and oxygen atoms in total. The van der Waals surface area contributed by atoms with Gasteiger partial charge in [0.25, 0.3) is 0 Å². The van der Waals surface area contributed by atoms with Crippen LogP contribution in [-0.4, -0.2) is 13.1 Å². The second-order valence-corrected chi connectivity index (χ2v) is 6.27. The third-order valence-corrected chi connectivity index (χ3v) is 5.00. The van der Waals surface area contributed by atoms with E-state index in [9.17, 15) is 0 Å². The monoisotopic (exact) mass is 223 g/mol. The van der Waals surface area contributed by atoms with E-state index in [1.54, 1.807) is 4.88 Å². The Morgan fingerprint density at radius 1 is 1.33 bits per heavy atom. The summed E-state index contributed by atoms with van der Waals surface area (Å²) in [6, 6.07) is 4.62. The molecule has 0 bridgehead atoms. The normalized spacial score (nSPS) is 19.2. The molecule has 2 rings (SSSR count). The summed E-state index contributed by atoms with van der Waals surface area (Å²) >= 11 is 2.00. The zero-order valence-corrected chi connectivity index (χ0v) is 10.8. The molecule has 15 heavy (non-hydrogen) atoms. The summed E-state index contributed by atoms with van der Waals surface area (Å²) in [6.45, 7) is 9.34. The molecule has 0 radical (unpaired) electrons. The van der Waals surface area contributed by atoms with Crippen molar-refractivity contribution in [2.75, 3.05) is 13.1 Å². The lowest BCUT2D eigenvalue weighted by molar-refractivity contribution is 0.101. The van der Waals surface area contributed by atoms with Crippen LogP contribution in [0.25, 0.3) is 0 Å². The molecule has 1 aliphatic heterocycles. The maximum absolute atomic E-state index is 3.43. The summed E-state index contributed by atoms with van der Waals surface area (Å²) in [7, 11) is 0. The molecule has 1 N–H and O–H groups in total. The van der Waals surface area contributed by atoms with Crippen molar-refractivity contribution in [3.8, 4) is 0 Å². The summed E-state index contributed by atoms with van der Waals surface area (Å²) in [5, 5.41) is 3.43. The van der Waals surface area contributed by atoms with E-state index in [4.69, 9.17) is 0 Å². The third-order valence-electron chi connectivity index (χ3n) is 3.77.